The summed E-state index contributed by atoms with van der Waals surface area (Å²) in [5.41, 5.74) is 3.81. The molecule has 0 aliphatic carbocycles. The highest BCUT2D eigenvalue weighted by atomic mass is 16.3. The molecule has 2 N–H and O–H groups in total. The van der Waals surface area contributed by atoms with E-state index in [4.69, 9.17) is 5.11 Å². The van der Waals surface area contributed by atoms with Crippen LogP contribution in [0.3, 0.4) is 0 Å². The Labute approximate surface area is 138 Å². The first-order valence-electron chi connectivity index (χ1n) is 7.49. The van der Waals surface area contributed by atoms with Crippen LogP contribution in [0.1, 0.15) is 27.6 Å². The van der Waals surface area contributed by atoms with Crippen molar-refractivity contribution in [3.8, 4) is 0 Å². The minimum Gasteiger partial charge on any atom is -0.395 e. The second kappa shape index (κ2) is 5.93. The first-order valence-corrected chi connectivity index (χ1v) is 7.49. The van der Waals surface area contributed by atoms with E-state index in [0.29, 0.717) is 23.1 Å². The SMILES string of the molecule is CC(=O)NN1C(=O)c2cccc3c(N(C)CCO)ccc(c23)C1=O. The molecule has 124 valence electrons. The second-order valence-electron chi connectivity index (χ2n) is 5.62. The van der Waals surface area contributed by atoms with E-state index in [9.17, 15) is 14.4 Å². The summed E-state index contributed by atoms with van der Waals surface area (Å²) in [5.74, 6) is -1.61. The number of nitrogens with zero attached hydrogens (tertiary/aromatic N) is 2. The van der Waals surface area contributed by atoms with Crippen molar-refractivity contribution in [1.29, 1.82) is 0 Å². The van der Waals surface area contributed by atoms with Crippen molar-refractivity contribution in [3.63, 3.8) is 0 Å². The normalized spacial score (nSPS) is 13.4. The fourth-order valence-corrected chi connectivity index (χ4v) is 2.94. The number of carbonyl (C=O) groups is 3. The molecule has 0 atom stereocenters. The van der Waals surface area contributed by atoms with Gasteiger partial charge in [-0.2, -0.15) is 5.01 Å². The van der Waals surface area contributed by atoms with E-state index < -0.39 is 17.7 Å². The van der Waals surface area contributed by atoms with Crippen molar-refractivity contribution in [2.24, 2.45) is 0 Å². The van der Waals surface area contributed by atoms with Gasteiger partial charge in [0.1, 0.15) is 0 Å². The standard InChI is InChI=1S/C17H17N3O4/c1-10(22)18-20-16(23)12-5-3-4-11-14(19(2)8-9-21)7-6-13(15(11)12)17(20)24/h3-7,21H,8-9H2,1-2H3,(H,18,22). The van der Waals surface area contributed by atoms with Crippen LogP contribution in [0.5, 0.6) is 0 Å². The van der Waals surface area contributed by atoms with E-state index in [1.807, 2.05) is 18.0 Å². The molecule has 7 heteroatoms. The molecule has 1 aliphatic rings. The molecule has 0 radical (unpaired) electrons. The lowest BCUT2D eigenvalue weighted by Gasteiger charge is -2.28. The van der Waals surface area contributed by atoms with Crippen molar-refractivity contribution >= 4 is 34.2 Å². The Balaban J connectivity index is 2.22. The molecule has 0 spiro atoms. The summed E-state index contributed by atoms with van der Waals surface area (Å²) in [6, 6.07) is 8.61. The summed E-state index contributed by atoms with van der Waals surface area (Å²) in [4.78, 5) is 38.3. The van der Waals surface area contributed by atoms with Gasteiger partial charge in [0.2, 0.25) is 5.91 Å². The molecule has 7 nitrogen and oxygen atoms in total. The Bertz CT molecular complexity index is 840. The zero-order valence-corrected chi connectivity index (χ0v) is 13.4. The molecule has 0 saturated carbocycles. The number of amides is 3. The van der Waals surface area contributed by atoms with Gasteiger partial charge < -0.3 is 10.0 Å². The molecule has 2 aromatic rings. The predicted octanol–water partition coefficient (Wildman–Crippen LogP) is 0.915. The van der Waals surface area contributed by atoms with Crippen molar-refractivity contribution in [3.05, 3.63) is 41.5 Å². The molecular formula is C17H17N3O4. The van der Waals surface area contributed by atoms with Gasteiger partial charge in [-0.3, -0.25) is 19.8 Å². The zero-order valence-electron chi connectivity index (χ0n) is 13.4. The monoisotopic (exact) mass is 327 g/mol. The van der Waals surface area contributed by atoms with Crippen LogP contribution in [-0.4, -0.2) is 48.0 Å². The zero-order chi connectivity index (χ0) is 17.4. The van der Waals surface area contributed by atoms with Gasteiger partial charge in [0.15, 0.2) is 0 Å². The molecule has 3 rings (SSSR count). The molecule has 1 aliphatic heterocycles. The van der Waals surface area contributed by atoms with Crippen LogP contribution >= 0.6 is 0 Å². The highest BCUT2D eigenvalue weighted by Crippen LogP contribution is 2.35. The van der Waals surface area contributed by atoms with Crippen LogP contribution < -0.4 is 10.3 Å². The molecule has 2 aromatic carbocycles. The highest BCUT2D eigenvalue weighted by Gasteiger charge is 2.34. The summed E-state index contributed by atoms with van der Waals surface area (Å²) >= 11 is 0. The minimum atomic E-state index is -0.560. The first kappa shape index (κ1) is 15.9. The van der Waals surface area contributed by atoms with Gasteiger partial charge in [0, 0.05) is 37.0 Å². The third kappa shape index (κ3) is 2.39. The molecule has 0 saturated heterocycles. The topological polar surface area (TPSA) is 90.0 Å². The number of imide groups is 1. The maximum absolute atomic E-state index is 12.6. The summed E-state index contributed by atoms with van der Waals surface area (Å²) in [6.45, 7) is 1.66. The number of rotatable bonds is 4. The largest absolute Gasteiger partial charge is 0.395 e. The van der Waals surface area contributed by atoms with E-state index in [1.165, 1.54) is 6.92 Å². The molecule has 3 amide bonds. The Morgan fingerprint density at radius 1 is 1.17 bits per heavy atom. The predicted molar refractivity (Wildman–Crippen MR) is 88.6 cm³/mol. The smallest absolute Gasteiger partial charge is 0.280 e. The van der Waals surface area contributed by atoms with Gasteiger partial charge in [-0.1, -0.05) is 12.1 Å². The number of benzene rings is 2. The number of hydrogen-bond acceptors (Lipinski definition) is 5. The van der Waals surface area contributed by atoms with Gasteiger partial charge in [-0.15, -0.1) is 0 Å². The third-order valence-electron chi connectivity index (χ3n) is 4.00. The number of hydrogen-bond donors (Lipinski definition) is 2. The quantitative estimate of drug-likeness (QED) is 0.815. The van der Waals surface area contributed by atoms with Gasteiger partial charge in [0.05, 0.1) is 17.7 Å². The van der Waals surface area contributed by atoms with Crippen molar-refractivity contribution in [2.45, 2.75) is 6.92 Å². The van der Waals surface area contributed by atoms with Crippen LogP contribution in [0.25, 0.3) is 10.8 Å². The summed E-state index contributed by atoms with van der Waals surface area (Å²) < 4.78 is 0. The van der Waals surface area contributed by atoms with Crippen molar-refractivity contribution in [2.75, 3.05) is 25.1 Å². The lowest BCUT2D eigenvalue weighted by molar-refractivity contribution is -0.122. The molecule has 1 heterocycles. The van der Waals surface area contributed by atoms with Crippen LogP contribution in [0.2, 0.25) is 0 Å². The third-order valence-corrected chi connectivity index (χ3v) is 4.00. The maximum Gasteiger partial charge on any atom is 0.280 e. The summed E-state index contributed by atoms with van der Waals surface area (Å²) in [7, 11) is 1.83. The number of nitrogens with one attached hydrogen (secondary N) is 1. The molecule has 0 bridgehead atoms. The first-order chi connectivity index (χ1) is 11.5. The number of likely N-dealkylation sites (N-methyl/N-ethyl adjacent to an activating group) is 1. The maximum atomic E-state index is 12.6. The molecule has 0 unspecified atom stereocenters. The number of anilines is 1. The van der Waals surface area contributed by atoms with Gasteiger partial charge >= 0.3 is 0 Å². The van der Waals surface area contributed by atoms with Crippen LogP contribution in [0.4, 0.5) is 5.69 Å². The highest BCUT2D eigenvalue weighted by molar-refractivity contribution is 6.27. The Hall–Kier alpha value is -2.93. The van der Waals surface area contributed by atoms with E-state index in [2.05, 4.69) is 5.43 Å². The van der Waals surface area contributed by atoms with Crippen LogP contribution in [0, 0.1) is 0 Å². The fraction of sp³-hybridized carbons (Fsp3) is 0.235. The number of carbonyl (C=O) groups excluding carboxylic acids is 3. The average molecular weight is 327 g/mol. The van der Waals surface area contributed by atoms with Gasteiger partial charge in [-0.25, -0.2) is 0 Å². The van der Waals surface area contributed by atoms with E-state index in [0.717, 1.165) is 16.1 Å². The minimum absolute atomic E-state index is 0.00634. The van der Waals surface area contributed by atoms with Crippen LogP contribution in [-0.2, 0) is 4.79 Å². The lowest BCUT2D eigenvalue weighted by Crippen LogP contribution is -2.51. The lowest BCUT2D eigenvalue weighted by atomic mass is 9.93. The molecular weight excluding hydrogens is 310 g/mol. The summed E-state index contributed by atoms with van der Waals surface area (Å²) in [5, 5.41) is 11.2. The van der Waals surface area contributed by atoms with E-state index in [-0.39, 0.29) is 6.61 Å². The Kier molecular flexibility index (Phi) is 3.94. The summed E-state index contributed by atoms with van der Waals surface area (Å²) in [6.07, 6.45) is 0. The Morgan fingerprint density at radius 2 is 1.83 bits per heavy atom. The number of aliphatic hydroxyl groups is 1. The van der Waals surface area contributed by atoms with Gasteiger partial charge in [-0.05, 0) is 18.2 Å². The molecule has 0 aromatic heterocycles. The number of aliphatic hydroxyl groups excluding tert-OH is 1. The second-order valence-corrected chi connectivity index (χ2v) is 5.62. The average Bonchev–Trinajstić information content (AvgIpc) is 2.56. The van der Waals surface area contributed by atoms with Crippen LogP contribution in [0.15, 0.2) is 30.3 Å². The van der Waals surface area contributed by atoms with Gasteiger partial charge in [0.25, 0.3) is 11.8 Å². The molecule has 0 fully saturated rings. The number of hydrazine groups is 1. The van der Waals surface area contributed by atoms with Crippen molar-refractivity contribution < 1.29 is 19.5 Å². The Morgan fingerprint density at radius 3 is 2.46 bits per heavy atom. The van der Waals surface area contributed by atoms with Crippen molar-refractivity contribution in [1.82, 2.24) is 10.4 Å². The fourth-order valence-electron chi connectivity index (χ4n) is 2.94. The van der Waals surface area contributed by atoms with E-state index in [1.54, 1.807) is 24.3 Å². The van der Waals surface area contributed by atoms with E-state index >= 15 is 0 Å². The molecule has 24 heavy (non-hydrogen) atoms.